The van der Waals surface area contributed by atoms with Crippen molar-refractivity contribution < 1.29 is 0 Å². The predicted molar refractivity (Wildman–Crippen MR) is 78.7 cm³/mol. The van der Waals surface area contributed by atoms with E-state index in [1.165, 1.54) is 38.5 Å². The second-order valence-electron chi connectivity index (χ2n) is 8.65. The quantitative estimate of drug-likeness (QED) is 0.852. The van der Waals surface area contributed by atoms with Gasteiger partial charge in [-0.05, 0) is 62.2 Å². The highest BCUT2D eigenvalue weighted by molar-refractivity contribution is 5.22. The molecule has 1 aromatic heterocycles. The van der Waals surface area contributed by atoms with E-state index in [1.54, 1.807) is 6.07 Å². The maximum atomic E-state index is 11.9. The first-order valence-electron chi connectivity index (χ1n) is 7.89. The van der Waals surface area contributed by atoms with Gasteiger partial charge < -0.3 is 4.98 Å². The average molecular weight is 272 g/mol. The number of aromatic amines is 1. The van der Waals surface area contributed by atoms with Gasteiger partial charge in [0.2, 0.25) is 0 Å². The SMILES string of the molecule is Cc1cc(=O)[nH]c(C23CC4CC(C)(CC(C)(C4)C2)C3)n1. The highest BCUT2D eigenvalue weighted by atomic mass is 16.1. The summed E-state index contributed by atoms with van der Waals surface area (Å²) in [5.74, 6) is 1.80. The van der Waals surface area contributed by atoms with Crippen molar-refractivity contribution in [1.82, 2.24) is 9.97 Å². The number of nitrogens with zero attached hydrogens (tertiary/aromatic N) is 1. The Morgan fingerprint density at radius 1 is 1.15 bits per heavy atom. The van der Waals surface area contributed by atoms with Crippen LogP contribution in [0.5, 0.6) is 0 Å². The minimum Gasteiger partial charge on any atom is -0.310 e. The Labute approximate surface area is 120 Å². The van der Waals surface area contributed by atoms with Crippen LogP contribution < -0.4 is 5.56 Å². The van der Waals surface area contributed by atoms with Crippen molar-refractivity contribution >= 4 is 0 Å². The molecule has 2 atom stereocenters. The summed E-state index contributed by atoms with van der Waals surface area (Å²) in [6, 6.07) is 1.60. The summed E-state index contributed by atoms with van der Waals surface area (Å²) in [5.41, 5.74) is 1.91. The van der Waals surface area contributed by atoms with Gasteiger partial charge in [0.25, 0.3) is 5.56 Å². The Bertz CT molecular complexity index is 614. The molecule has 0 amide bonds. The molecule has 0 aliphatic heterocycles. The number of hydrogen-bond acceptors (Lipinski definition) is 2. The second kappa shape index (κ2) is 3.55. The van der Waals surface area contributed by atoms with Gasteiger partial charge in [-0.3, -0.25) is 4.79 Å². The molecule has 4 bridgehead atoms. The van der Waals surface area contributed by atoms with Gasteiger partial charge >= 0.3 is 0 Å². The molecule has 20 heavy (non-hydrogen) atoms. The smallest absolute Gasteiger partial charge is 0.251 e. The molecule has 0 aromatic carbocycles. The molecule has 0 spiro atoms. The van der Waals surface area contributed by atoms with Crippen molar-refractivity contribution in [1.29, 1.82) is 0 Å². The van der Waals surface area contributed by atoms with Crippen LogP contribution in [0, 0.1) is 23.7 Å². The minimum atomic E-state index is 0.0125. The van der Waals surface area contributed by atoms with Gasteiger partial charge in [-0.1, -0.05) is 13.8 Å². The van der Waals surface area contributed by atoms with Crippen LogP contribution in [0.3, 0.4) is 0 Å². The van der Waals surface area contributed by atoms with Crippen molar-refractivity contribution in [3.8, 4) is 0 Å². The van der Waals surface area contributed by atoms with E-state index in [9.17, 15) is 4.79 Å². The summed E-state index contributed by atoms with van der Waals surface area (Å²) in [6.07, 6.45) is 7.75. The van der Waals surface area contributed by atoms with Gasteiger partial charge in [-0.15, -0.1) is 0 Å². The largest absolute Gasteiger partial charge is 0.310 e. The van der Waals surface area contributed by atoms with Crippen LogP contribution in [0.15, 0.2) is 10.9 Å². The fourth-order valence-corrected chi connectivity index (χ4v) is 6.54. The maximum Gasteiger partial charge on any atom is 0.251 e. The van der Waals surface area contributed by atoms with Gasteiger partial charge in [-0.25, -0.2) is 4.98 Å². The monoisotopic (exact) mass is 272 g/mol. The van der Waals surface area contributed by atoms with E-state index in [2.05, 4.69) is 18.8 Å². The van der Waals surface area contributed by atoms with Crippen molar-refractivity contribution in [3.05, 3.63) is 27.9 Å². The van der Waals surface area contributed by atoms with E-state index in [0.29, 0.717) is 10.8 Å². The molecule has 1 heterocycles. The molecule has 1 aromatic rings. The summed E-state index contributed by atoms with van der Waals surface area (Å²) >= 11 is 0. The molecule has 0 saturated heterocycles. The third-order valence-corrected chi connectivity index (χ3v) is 6.00. The lowest BCUT2D eigenvalue weighted by Gasteiger charge is -2.65. The lowest BCUT2D eigenvalue weighted by Crippen LogP contribution is -2.57. The Hall–Kier alpha value is -1.12. The zero-order valence-corrected chi connectivity index (χ0v) is 12.8. The number of H-pyrrole nitrogens is 1. The molecule has 4 aliphatic carbocycles. The molecular weight excluding hydrogens is 248 g/mol. The molecule has 4 aliphatic rings. The Morgan fingerprint density at radius 2 is 1.80 bits per heavy atom. The van der Waals surface area contributed by atoms with E-state index in [4.69, 9.17) is 4.98 Å². The van der Waals surface area contributed by atoms with E-state index in [0.717, 1.165) is 17.4 Å². The minimum absolute atomic E-state index is 0.0125. The van der Waals surface area contributed by atoms with Crippen LogP contribution in [-0.4, -0.2) is 9.97 Å². The molecule has 3 heteroatoms. The van der Waals surface area contributed by atoms with Gasteiger partial charge in [0.1, 0.15) is 5.82 Å². The number of nitrogens with one attached hydrogen (secondary N) is 1. The molecule has 3 nitrogen and oxygen atoms in total. The van der Waals surface area contributed by atoms with Crippen LogP contribution in [0.1, 0.15) is 63.9 Å². The topological polar surface area (TPSA) is 45.8 Å². The Kier molecular flexibility index (Phi) is 2.24. The summed E-state index contributed by atoms with van der Waals surface area (Å²) in [5, 5.41) is 0. The molecule has 5 rings (SSSR count). The lowest BCUT2D eigenvalue weighted by atomic mass is 9.40. The summed E-state index contributed by atoms with van der Waals surface area (Å²) in [4.78, 5) is 19.7. The first-order chi connectivity index (χ1) is 9.30. The molecule has 108 valence electrons. The second-order valence-corrected chi connectivity index (χ2v) is 8.65. The van der Waals surface area contributed by atoms with Gasteiger partial charge in [-0.2, -0.15) is 0 Å². The van der Waals surface area contributed by atoms with E-state index < -0.39 is 0 Å². The number of aromatic nitrogens is 2. The molecule has 4 saturated carbocycles. The third kappa shape index (κ3) is 1.71. The first kappa shape index (κ1) is 12.6. The average Bonchev–Trinajstić information content (AvgIpc) is 2.22. The number of rotatable bonds is 1. The van der Waals surface area contributed by atoms with Crippen molar-refractivity contribution in [2.75, 3.05) is 0 Å². The number of aryl methyl sites for hydroxylation is 1. The zero-order chi connectivity index (χ0) is 14.2. The molecule has 1 N–H and O–H groups in total. The van der Waals surface area contributed by atoms with Gasteiger partial charge in [0, 0.05) is 17.2 Å². The maximum absolute atomic E-state index is 11.9. The predicted octanol–water partition coefficient (Wildman–Crippen LogP) is 3.33. The molecule has 4 fully saturated rings. The zero-order valence-electron chi connectivity index (χ0n) is 12.8. The highest BCUT2D eigenvalue weighted by Gasteiger charge is 2.61. The normalized spacial score (nSPS) is 45.9. The van der Waals surface area contributed by atoms with E-state index >= 15 is 0 Å². The fraction of sp³-hybridized carbons (Fsp3) is 0.765. The van der Waals surface area contributed by atoms with Crippen LogP contribution in [0.4, 0.5) is 0 Å². The standard InChI is InChI=1S/C17H24N2O/c1-11-4-13(20)19-14(18-11)17-7-12-5-15(2,9-17)8-16(3,6-12)10-17/h4,12H,5-10H2,1-3H3,(H,18,19,20). The van der Waals surface area contributed by atoms with Crippen molar-refractivity contribution in [3.63, 3.8) is 0 Å². The first-order valence-corrected chi connectivity index (χ1v) is 7.89. The van der Waals surface area contributed by atoms with E-state index in [1.807, 2.05) is 6.92 Å². The molecule has 0 radical (unpaired) electrons. The van der Waals surface area contributed by atoms with Gasteiger partial charge in [0.05, 0.1) is 0 Å². The lowest BCUT2D eigenvalue weighted by molar-refractivity contribution is -0.112. The van der Waals surface area contributed by atoms with Gasteiger partial charge in [0.15, 0.2) is 0 Å². The fourth-order valence-electron chi connectivity index (χ4n) is 6.54. The Morgan fingerprint density at radius 3 is 2.35 bits per heavy atom. The molecular formula is C17H24N2O. The van der Waals surface area contributed by atoms with Crippen molar-refractivity contribution in [2.45, 2.75) is 64.7 Å². The van der Waals surface area contributed by atoms with E-state index in [-0.39, 0.29) is 11.0 Å². The Balaban J connectivity index is 1.86. The number of hydrogen-bond donors (Lipinski definition) is 1. The van der Waals surface area contributed by atoms with Crippen molar-refractivity contribution in [2.24, 2.45) is 16.7 Å². The third-order valence-electron chi connectivity index (χ3n) is 6.00. The van der Waals surface area contributed by atoms with Crippen LogP contribution in [0.25, 0.3) is 0 Å². The highest BCUT2D eigenvalue weighted by Crippen LogP contribution is 2.69. The summed E-state index contributed by atoms with van der Waals surface area (Å²) in [7, 11) is 0. The summed E-state index contributed by atoms with van der Waals surface area (Å²) in [6.45, 7) is 6.85. The summed E-state index contributed by atoms with van der Waals surface area (Å²) < 4.78 is 0. The van der Waals surface area contributed by atoms with Crippen LogP contribution in [-0.2, 0) is 5.41 Å². The molecule has 2 unspecified atom stereocenters. The van der Waals surface area contributed by atoms with Crippen LogP contribution in [0.2, 0.25) is 0 Å². The van der Waals surface area contributed by atoms with Crippen LogP contribution >= 0.6 is 0 Å².